The van der Waals surface area contributed by atoms with Crippen molar-refractivity contribution in [2.24, 2.45) is 0 Å². The lowest BCUT2D eigenvalue weighted by Crippen LogP contribution is -2.05. The highest BCUT2D eigenvalue weighted by Crippen LogP contribution is 2.14. The lowest BCUT2D eigenvalue weighted by Gasteiger charge is -2.03. The van der Waals surface area contributed by atoms with Gasteiger partial charge in [-0.05, 0) is 42.5 Å². The fourth-order valence-electron chi connectivity index (χ4n) is 1.89. The van der Waals surface area contributed by atoms with Crippen molar-refractivity contribution in [3.63, 3.8) is 0 Å². The third kappa shape index (κ3) is 4.35. The Morgan fingerprint density at radius 1 is 1.09 bits per heavy atom. The molecule has 0 spiro atoms. The molecular formula is C18H16N2O3. The highest BCUT2D eigenvalue weighted by atomic mass is 16.5. The van der Waals surface area contributed by atoms with Gasteiger partial charge in [-0.1, -0.05) is 11.8 Å². The van der Waals surface area contributed by atoms with E-state index in [0.717, 1.165) is 5.56 Å². The minimum Gasteiger partial charge on any atom is -0.465 e. The molecule has 0 aliphatic carbocycles. The molecule has 0 aliphatic heterocycles. The monoisotopic (exact) mass is 308 g/mol. The molecule has 0 radical (unpaired) electrons. The zero-order valence-corrected chi connectivity index (χ0v) is 12.8. The van der Waals surface area contributed by atoms with Crippen LogP contribution in [-0.4, -0.2) is 19.0 Å². The molecule has 3 N–H and O–H groups in total. The van der Waals surface area contributed by atoms with Gasteiger partial charge in [-0.3, -0.25) is 4.79 Å². The van der Waals surface area contributed by atoms with E-state index in [1.165, 1.54) is 14.0 Å². The minimum atomic E-state index is -0.437. The van der Waals surface area contributed by atoms with Gasteiger partial charge in [0.2, 0.25) is 5.91 Å². The molecule has 0 bridgehead atoms. The molecule has 0 fully saturated rings. The highest BCUT2D eigenvalue weighted by molar-refractivity contribution is 5.90. The van der Waals surface area contributed by atoms with Crippen LogP contribution in [0.1, 0.15) is 28.4 Å². The smallest absolute Gasteiger partial charge is 0.337 e. The molecule has 2 aromatic rings. The van der Waals surface area contributed by atoms with Crippen molar-refractivity contribution in [3.05, 3.63) is 59.2 Å². The summed E-state index contributed by atoms with van der Waals surface area (Å²) in [7, 11) is 1.32. The van der Waals surface area contributed by atoms with Gasteiger partial charge in [-0.25, -0.2) is 4.79 Å². The third-order valence-corrected chi connectivity index (χ3v) is 3.02. The lowest BCUT2D eigenvalue weighted by atomic mass is 10.1. The molecule has 0 saturated carbocycles. The van der Waals surface area contributed by atoms with Crippen LogP contribution in [0, 0.1) is 11.8 Å². The largest absolute Gasteiger partial charge is 0.465 e. The van der Waals surface area contributed by atoms with E-state index < -0.39 is 5.97 Å². The fourth-order valence-corrected chi connectivity index (χ4v) is 1.89. The van der Waals surface area contributed by atoms with Crippen LogP contribution in [0.3, 0.4) is 0 Å². The van der Waals surface area contributed by atoms with E-state index in [4.69, 9.17) is 5.73 Å². The summed E-state index contributed by atoms with van der Waals surface area (Å²) < 4.78 is 4.68. The Hall–Kier alpha value is -3.26. The van der Waals surface area contributed by atoms with Crippen LogP contribution in [-0.2, 0) is 9.53 Å². The minimum absolute atomic E-state index is 0.128. The average Bonchev–Trinajstić information content (AvgIpc) is 2.54. The van der Waals surface area contributed by atoms with Crippen molar-refractivity contribution in [1.82, 2.24) is 0 Å². The van der Waals surface area contributed by atoms with E-state index in [0.29, 0.717) is 22.5 Å². The third-order valence-electron chi connectivity index (χ3n) is 3.02. The van der Waals surface area contributed by atoms with Gasteiger partial charge < -0.3 is 15.8 Å². The van der Waals surface area contributed by atoms with Gasteiger partial charge in [0.05, 0.1) is 12.7 Å². The van der Waals surface area contributed by atoms with Gasteiger partial charge in [0.1, 0.15) is 0 Å². The van der Waals surface area contributed by atoms with E-state index in [-0.39, 0.29) is 5.91 Å². The quantitative estimate of drug-likeness (QED) is 0.507. The second-order valence-electron chi connectivity index (χ2n) is 4.80. The van der Waals surface area contributed by atoms with Crippen LogP contribution in [0.15, 0.2) is 42.5 Å². The second kappa shape index (κ2) is 7.14. The van der Waals surface area contributed by atoms with Crippen molar-refractivity contribution < 1.29 is 14.3 Å². The number of ether oxygens (including phenoxy) is 1. The number of amides is 1. The zero-order chi connectivity index (χ0) is 16.8. The Morgan fingerprint density at radius 2 is 1.78 bits per heavy atom. The molecule has 0 saturated heterocycles. The van der Waals surface area contributed by atoms with Crippen molar-refractivity contribution in [1.29, 1.82) is 0 Å². The molecule has 1 amide bonds. The molecular weight excluding hydrogens is 292 g/mol. The predicted molar refractivity (Wildman–Crippen MR) is 88.9 cm³/mol. The first-order chi connectivity index (χ1) is 11.0. The first kappa shape index (κ1) is 16.1. The number of benzene rings is 2. The Kier molecular flexibility index (Phi) is 5.00. The Bertz CT molecular complexity index is 799. The summed E-state index contributed by atoms with van der Waals surface area (Å²) in [6, 6.07) is 11.9. The van der Waals surface area contributed by atoms with Crippen LogP contribution < -0.4 is 11.1 Å². The summed E-state index contributed by atoms with van der Waals surface area (Å²) in [6.45, 7) is 1.45. The Balaban J connectivity index is 2.24. The lowest BCUT2D eigenvalue weighted by molar-refractivity contribution is -0.114. The van der Waals surface area contributed by atoms with E-state index in [1.54, 1.807) is 42.5 Å². The van der Waals surface area contributed by atoms with Crippen LogP contribution in [0.2, 0.25) is 0 Å². The number of nitrogen functional groups attached to an aromatic ring is 1. The first-order valence-corrected chi connectivity index (χ1v) is 6.87. The molecule has 0 atom stereocenters. The van der Waals surface area contributed by atoms with Gasteiger partial charge in [0.25, 0.3) is 0 Å². The maximum absolute atomic E-state index is 11.5. The first-order valence-electron chi connectivity index (χ1n) is 6.87. The van der Waals surface area contributed by atoms with Gasteiger partial charge in [0.15, 0.2) is 0 Å². The number of hydrogen-bond donors (Lipinski definition) is 2. The van der Waals surface area contributed by atoms with Gasteiger partial charge >= 0.3 is 5.97 Å². The summed E-state index contributed by atoms with van der Waals surface area (Å²) in [5, 5.41) is 2.68. The van der Waals surface area contributed by atoms with E-state index in [9.17, 15) is 9.59 Å². The number of anilines is 2. The van der Waals surface area contributed by atoms with E-state index in [1.807, 2.05) is 0 Å². The molecule has 2 aromatic carbocycles. The highest BCUT2D eigenvalue weighted by Gasteiger charge is 2.07. The molecule has 0 aromatic heterocycles. The van der Waals surface area contributed by atoms with Gasteiger partial charge in [-0.15, -0.1) is 0 Å². The number of nitrogens with one attached hydrogen (secondary N) is 1. The number of esters is 1. The normalized spacial score (nSPS) is 9.48. The molecule has 0 heterocycles. The van der Waals surface area contributed by atoms with Crippen molar-refractivity contribution in [2.75, 3.05) is 18.2 Å². The molecule has 116 valence electrons. The molecule has 2 rings (SSSR count). The maximum atomic E-state index is 11.5. The number of carbonyl (C=O) groups is 2. The van der Waals surface area contributed by atoms with Crippen LogP contribution in [0.5, 0.6) is 0 Å². The van der Waals surface area contributed by atoms with E-state index >= 15 is 0 Å². The average molecular weight is 308 g/mol. The van der Waals surface area contributed by atoms with Gasteiger partial charge in [-0.2, -0.15) is 0 Å². The van der Waals surface area contributed by atoms with Crippen molar-refractivity contribution in [2.45, 2.75) is 6.92 Å². The second-order valence-corrected chi connectivity index (χ2v) is 4.80. The summed E-state index contributed by atoms with van der Waals surface area (Å²) in [4.78, 5) is 22.5. The Morgan fingerprint density at radius 3 is 2.39 bits per heavy atom. The molecule has 0 unspecified atom stereocenters. The number of methoxy groups -OCH3 is 1. The molecule has 5 heteroatoms. The molecule has 5 nitrogen and oxygen atoms in total. The van der Waals surface area contributed by atoms with Crippen molar-refractivity contribution >= 4 is 23.3 Å². The van der Waals surface area contributed by atoms with Crippen LogP contribution in [0.4, 0.5) is 11.4 Å². The zero-order valence-electron chi connectivity index (χ0n) is 12.8. The maximum Gasteiger partial charge on any atom is 0.337 e. The topological polar surface area (TPSA) is 81.4 Å². The molecule has 23 heavy (non-hydrogen) atoms. The van der Waals surface area contributed by atoms with Crippen LogP contribution >= 0.6 is 0 Å². The summed E-state index contributed by atoms with van der Waals surface area (Å²) in [5.41, 5.74) is 8.78. The Labute approximate surface area is 134 Å². The molecule has 0 aliphatic rings. The van der Waals surface area contributed by atoms with E-state index in [2.05, 4.69) is 21.9 Å². The number of hydrogen-bond acceptors (Lipinski definition) is 4. The SMILES string of the molecule is COC(=O)c1ccc(N)c(C#Cc2ccc(NC(C)=O)cc2)c1. The fraction of sp³-hybridized carbons (Fsp3) is 0.111. The van der Waals surface area contributed by atoms with Crippen molar-refractivity contribution in [3.8, 4) is 11.8 Å². The van der Waals surface area contributed by atoms with Gasteiger partial charge in [0, 0.05) is 29.4 Å². The number of rotatable bonds is 2. The van der Waals surface area contributed by atoms with Crippen LogP contribution in [0.25, 0.3) is 0 Å². The summed E-state index contributed by atoms with van der Waals surface area (Å²) in [6.07, 6.45) is 0. The number of nitrogens with two attached hydrogens (primary N) is 1. The summed E-state index contributed by atoms with van der Waals surface area (Å²) >= 11 is 0. The standard InChI is InChI=1S/C18H16N2O3/c1-12(21)20-16-8-4-13(5-9-16)3-6-14-11-15(18(22)23-2)7-10-17(14)19/h4-5,7-11H,19H2,1-2H3,(H,20,21). The summed E-state index contributed by atoms with van der Waals surface area (Å²) in [5.74, 6) is 5.34. The number of carbonyl (C=O) groups excluding carboxylic acids is 2. The predicted octanol–water partition coefficient (Wildman–Crippen LogP) is 2.41.